The first-order chi connectivity index (χ1) is 13.2. The van der Waals surface area contributed by atoms with Crippen LogP contribution >= 0.6 is 0 Å². The highest BCUT2D eigenvalue weighted by Crippen LogP contribution is 2.27. The lowest BCUT2D eigenvalue weighted by Gasteiger charge is -2.18. The maximum absolute atomic E-state index is 12.9. The molecule has 3 aromatic rings. The van der Waals surface area contributed by atoms with Crippen LogP contribution in [0.5, 0.6) is 5.75 Å². The number of carbonyl (C=O) groups is 1. The highest BCUT2D eigenvalue weighted by molar-refractivity contribution is 6.01. The van der Waals surface area contributed by atoms with Gasteiger partial charge in [0, 0.05) is 35.7 Å². The molecule has 0 aliphatic carbocycles. The van der Waals surface area contributed by atoms with Gasteiger partial charge < -0.3 is 15.0 Å². The summed E-state index contributed by atoms with van der Waals surface area (Å²) < 4.78 is 5.53. The minimum absolute atomic E-state index is 0.0906. The van der Waals surface area contributed by atoms with Crippen LogP contribution in [0.15, 0.2) is 60.9 Å². The van der Waals surface area contributed by atoms with Crippen molar-refractivity contribution < 1.29 is 9.53 Å². The second-order valence-corrected chi connectivity index (χ2v) is 6.47. The summed E-state index contributed by atoms with van der Waals surface area (Å²) in [5.41, 5.74) is 3.92. The zero-order valence-electron chi connectivity index (χ0n) is 15.2. The third kappa shape index (κ3) is 3.65. The van der Waals surface area contributed by atoms with Gasteiger partial charge in [0.15, 0.2) is 0 Å². The van der Waals surface area contributed by atoms with Crippen LogP contribution in [0.3, 0.4) is 0 Å². The third-order valence-corrected chi connectivity index (χ3v) is 4.70. The van der Waals surface area contributed by atoms with Crippen LogP contribution in [0, 0.1) is 0 Å². The monoisotopic (exact) mass is 362 g/mol. The number of hydrogen-bond acceptors (Lipinski definition) is 4. The van der Waals surface area contributed by atoms with Gasteiger partial charge in [0.1, 0.15) is 11.8 Å². The van der Waals surface area contributed by atoms with E-state index < -0.39 is 0 Å². The summed E-state index contributed by atoms with van der Waals surface area (Å²) in [6.07, 6.45) is 4.40. The zero-order chi connectivity index (χ0) is 18.6. The number of aromatic nitrogens is 2. The number of aromatic amines is 1. The summed E-state index contributed by atoms with van der Waals surface area (Å²) in [6, 6.07) is 15.5. The number of rotatable bonds is 6. The molecule has 6 heteroatoms. The Kier molecular flexibility index (Phi) is 4.78. The van der Waals surface area contributed by atoms with Gasteiger partial charge in [-0.25, -0.2) is 0 Å². The van der Waals surface area contributed by atoms with Crippen LogP contribution in [0.1, 0.15) is 13.3 Å². The maximum Gasteiger partial charge on any atom is 0.249 e. The molecule has 4 rings (SSSR count). The molecule has 2 aromatic carbocycles. The van der Waals surface area contributed by atoms with Crippen molar-refractivity contribution in [2.45, 2.75) is 19.4 Å². The van der Waals surface area contributed by atoms with Crippen molar-refractivity contribution in [3.8, 4) is 16.9 Å². The summed E-state index contributed by atoms with van der Waals surface area (Å²) in [5, 5.41) is 10.1. The van der Waals surface area contributed by atoms with Gasteiger partial charge in [-0.15, -0.1) is 0 Å². The van der Waals surface area contributed by atoms with Gasteiger partial charge in [0.05, 0.1) is 12.8 Å². The molecule has 1 fully saturated rings. The van der Waals surface area contributed by atoms with Crippen molar-refractivity contribution >= 4 is 17.3 Å². The summed E-state index contributed by atoms with van der Waals surface area (Å²) >= 11 is 0. The van der Waals surface area contributed by atoms with E-state index in [4.69, 9.17) is 4.74 Å². The molecule has 1 aromatic heterocycles. The molecule has 0 spiro atoms. The average Bonchev–Trinajstić information content (AvgIpc) is 3.34. The van der Waals surface area contributed by atoms with Crippen LogP contribution in [-0.4, -0.2) is 35.3 Å². The Morgan fingerprint density at radius 1 is 1.22 bits per heavy atom. The van der Waals surface area contributed by atoms with Crippen LogP contribution in [0.2, 0.25) is 0 Å². The molecule has 1 saturated heterocycles. The van der Waals surface area contributed by atoms with Crippen molar-refractivity contribution in [3.63, 3.8) is 0 Å². The summed E-state index contributed by atoms with van der Waals surface area (Å²) in [6.45, 7) is 3.28. The highest BCUT2D eigenvalue weighted by atomic mass is 16.5. The van der Waals surface area contributed by atoms with Gasteiger partial charge in [-0.05, 0) is 43.2 Å². The van der Waals surface area contributed by atoms with Crippen molar-refractivity contribution in [1.82, 2.24) is 10.2 Å². The lowest BCUT2D eigenvalue weighted by molar-refractivity contribution is -0.117. The normalized spacial score (nSPS) is 16.6. The predicted molar refractivity (Wildman–Crippen MR) is 106 cm³/mol. The Balaban J connectivity index is 1.44. The maximum atomic E-state index is 12.9. The van der Waals surface area contributed by atoms with Gasteiger partial charge in [-0.1, -0.05) is 18.2 Å². The van der Waals surface area contributed by atoms with Crippen molar-refractivity contribution in [2.24, 2.45) is 0 Å². The minimum Gasteiger partial charge on any atom is -0.494 e. The van der Waals surface area contributed by atoms with Gasteiger partial charge in [0.25, 0.3) is 0 Å². The van der Waals surface area contributed by atoms with Gasteiger partial charge in [0.2, 0.25) is 5.91 Å². The number of hydrogen-bond donors (Lipinski definition) is 2. The first kappa shape index (κ1) is 17.1. The van der Waals surface area contributed by atoms with E-state index in [-0.39, 0.29) is 11.9 Å². The topological polar surface area (TPSA) is 70.2 Å². The van der Waals surface area contributed by atoms with E-state index in [0.717, 1.165) is 34.7 Å². The predicted octanol–water partition coefficient (Wildman–Crippen LogP) is 3.69. The lowest BCUT2D eigenvalue weighted by Crippen LogP contribution is -2.33. The standard InChI is InChI=1S/C21H22N4O2/c1-2-27-19-5-3-4-17(12-19)24-20-10-11-25(21(20)26)18-8-6-15(7-9-18)16-13-22-23-14-16/h3-9,12-14,20,24H,2,10-11H2,1H3,(H,22,23). The Labute approximate surface area is 158 Å². The molecule has 1 unspecified atom stereocenters. The van der Waals surface area contributed by atoms with E-state index in [9.17, 15) is 4.79 Å². The molecule has 27 heavy (non-hydrogen) atoms. The summed E-state index contributed by atoms with van der Waals surface area (Å²) in [7, 11) is 0. The highest BCUT2D eigenvalue weighted by Gasteiger charge is 2.32. The first-order valence-electron chi connectivity index (χ1n) is 9.14. The van der Waals surface area contributed by atoms with Gasteiger partial charge in [-0.3, -0.25) is 9.89 Å². The number of nitrogens with zero attached hydrogens (tertiary/aromatic N) is 2. The molecule has 2 N–H and O–H groups in total. The molecule has 2 heterocycles. The molecule has 6 nitrogen and oxygen atoms in total. The molecular weight excluding hydrogens is 340 g/mol. The number of benzene rings is 2. The Morgan fingerprint density at radius 2 is 2.07 bits per heavy atom. The fraction of sp³-hybridized carbons (Fsp3) is 0.238. The number of anilines is 2. The van der Waals surface area contributed by atoms with E-state index in [1.165, 1.54) is 0 Å². The van der Waals surface area contributed by atoms with Crippen molar-refractivity contribution in [2.75, 3.05) is 23.4 Å². The first-order valence-corrected chi connectivity index (χ1v) is 9.14. The molecule has 1 aliphatic heterocycles. The number of ether oxygens (including phenoxy) is 1. The Hall–Kier alpha value is -3.28. The molecule has 138 valence electrons. The van der Waals surface area contributed by atoms with E-state index in [0.29, 0.717) is 13.2 Å². The fourth-order valence-electron chi connectivity index (χ4n) is 3.36. The molecular formula is C21H22N4O2. The van der Waals surface area contributed by atoms with Crippen LogP contribution < -0.4 is 15.0 Å². The lowest BCUT2D eigenvalue weighted by atomic mass is 10.1. The van der Waals surface area contributed by atoms with E-state index >= 15 is 0 Å². The van der Waals surface area contributed by atoms with Crippen LogP contribution in [0.25, 0.3) is 11.1 Å². The molecule has 1 aliphatic rings. The van der Waals surface area contributed by atoms with Crippen LogP contribution in [-0.2, 0) is 4.79 Å². The molecule has 0 saturated carbocycles. The number of H-pyrrole nitrogens is 1. The molecule has 0 bridgehead atoms. The van der Waals surface area contributed by atoms with Gasteiger partial charge in [-0.2, -0.15) is 5.10 Å². The van der Waals surface area contributed by atoms with Crippen molar-refractivity contribution in [1.29, 1.82) is 0 Å². The largest absolute Gasteiger partial charge is 0.494 e. The minimum atomic E-state index is -0.226. The second kappa shape index (κ2) is 7.53. The van der Waals surface area contributed by atoms with E-state index in [1.807, 2.05) is 66.6 Å². The number of amides is 1. The summed E-state index contributed by atoms with van der Waals surface area (Å²) in [5.74, 6) is 0.896. The zero-order valence-corrected chi connectivity index (χ0v) is 15.2. The quantitative estimate of drug-likeness (QED) is 0.702. The SMILES string of the molecule is CCOc1cccc(NC2CCN(c3ccc(-c4cn[nH]c4)cc3)C2=O)c1. The molecule has 0 radical (unpaired) electrons. The Bertz CT molecular complexity index is 906. The number of nitrogens with one attached hydrogen (secondary N) is 2. The van der Waals surface area contributed by atoms with E-state index in [2.05, 4.69) is 15.5 Å². The molecule has 1 atom stereocenters. The fourth-order valence-corrected chi connectivity index (χ4v) is 3.36. The van der Waals surface area contributed by atoms with Crippen molar-refractivity contribution in [3.05, 3.63) is 60.9 Å². The molecule has 1 amide bonds. The third-order valence-electron chi connectivity index (χ3n) is 4.70. The van der Waals surface area contributed by atoms with Gasteiger partial charge >= 0.3 is 0 Å². The summed E-state index contributed by atoms with van der Waals surface area (Å²) in [4.78, 5) is 14.7. The second-order valence-electron chi connectivity index (χ2n) is 6.47. The smallest absolute Gasteiger partial charge is 0.249 e. The number of carbonyl (C=O) groups excluding carboxylic acids is 1. The van der Waals surface area contributed by atoms with E-state index in [1.54, 1.807) is 6.20 Å². The Morgan fingerprint density at radius 3 is 2.81 bits per heavy atom. The van der Waals surface area contributed by atoms with Crippen LogP contribution in [0.4, 0.5) is 11.4 Å². The average molecular weight is 362 g/mol.